The lowest BCUT2D eigenvalue weighted by Gasteiger charge is -2.15. The van der Waals surface area contributed by atoms with E-state index in [-0.39, 0.29) is 30.1 Å². The van der Waals surface area contributed by atoms with Crippen LogP contribution in [0.1, 0.15) is 50.3 Å². The van der Waals surface area contributed by atoms with E-state index in [1.54, 1.807) is 0 Å². The van der Waals surface area contributed by atoms with E-state index in [0.717, 1.165) is 55.8 Å². The van der Waals surface area contributed by atoms with Gasteiger partial charge in [-0.1, -0.05) is 18.6 Å². The number of aliphatic imine (C=N–C) groups is 1. The highest BCUT2D eigenvalue weighted by Gasteiger charge is 2.14. The van der Waals surface area contributed by atoms with Gasteiger partial charge in [0.1, 0.15) is 23.5 Å². The van der Waals surface area contributed by atoms with Crippen LogP contribution in [0.25, 0.3) is 0 Å². The predicted molar refractivity (Wildman–Crippen MR) is 132 cm³/mol. The molecule has 1 aliphatic heterocycles. The van der Waals surface area contributed by atoms with Crippen LogP contribution in [0.15, 0.2) is 29.3 Å². The van der Waals surface area contributed by atoms with Crippen molar-refractivity contribution in [1.82, 2.24) is 25.4 Å². The van der Waals surface area contributed by atoms with Gasteiger partial charge in [-0.2, -0.15) is 0 Å². The van der Waals surface area contributed by atoms with Gasteiger partial charge < -0.3 is 19.9 Å². The molecule has 7 nitrogen and oxygen atoms in total. The zero-order valence-corrected chi connectivity index (χ0v) is 20.7. The summed E-state index contributed by atoms with van der Waals surface area (Å²) >= 11 is 0. The minimum absolute atomic E-state index is 0. The number of aryl methyl sites for hydroxylation is 2. The Morgan fingerprint density at radius 1 is 1.23 bits per heavy atom. The van der Waals surface area contributed by atoms with Crippen LogP contribution in [0.5, 0.6) is 5.75 Å². The van der Waals surface area contributed by atoms with E-state index in [4.69, 9.17) is 4.74 Å². The summed E-state index contributed by atoms with van der Waals surface area (Å²) in [6.07, 6.45) is 5.60. The Bertz CT molecular complexity index is 807. The Morgan fingerprint density at radius 3 is 2.90 bits per heavy atom. The third kappa shape index (κ3) is 7.45. The van der Waals surface area contributed by atoms with E-state index in [2.05, 4.69) is 50.3 Å². The van der Waals surface area contributed by atoms with Gasteiger partial charge in [0.2, 0.25) is 0 Å². The van der Waals surface area contributed by atoms with Crippen LogP contribution >= 0.6 is 24.0 Å². The second kappa shape index (κ2) is 12.8. The summed E-state index contributed by atoms with van der Waals surface area (Å²) in [6.45, 7) is 9.40. The van der Waals surface area contributed by atoms with Crippen molar-refractivity contribution >= 4 is 29.9 Å². The number of hydrogen-bond acceptors (Lipinski definition) is 4. The number of fused-ring (bicyclic) bond motifs is 1. The molecule has 0 aliphatic carbocycles. The van der Waals surface area contributed by atoms with Crippen molar-refractivity contribution < 1.29 is 4.74 Å². The van der Waals surface area contributed by atoms with E-state index in [1.807, 2.05) is 25.1 Å². The average molecular weight is 526 g/mol. The van der Waals surface area contributed by atoms with Crippen molar-refractivity contribution in [2.24, 2.45) is 4.99 Å². The van der Waals surface area contributed by atoms with Gasteiger partial charge in [-0.15, -0.1) is 34.2 Å². The molecule has 2 aromatic rings. The smallest absolute Gasteiger partial charge is 0.191 e. The first-order valence-electron chi connectivity index (χ1n) is 10.8. The summed E-state index contributed by atoms with van der Waals surface area (Å²) in [6, 6.07) is 8.11. The molecular formula is C22H35IN6O. The topological polar surface area (TPSA) is 76.4 Å². The molecule has 8 heteroatoms. The second-order valence-electron chi connectivity index (χ2n) is 7.64. The van der Waals surface area contributed by atoms with E-state index in [9.17, 15) is 0 Å². The quantitative estimate of drug-likeness (QED) is 0.313. The van der Waals surface area contributed by atoms with Gasteiger partial charge in [-0.05, 0) is 51.3 Å². The summed E-state index contributed by atoms with van der Waals surface area (Å²) in [5.41, 5.74) is 1.19. The number of guanidine groups is 1. The molecule has 3 rings (SSSR count). The maximum atomic E-state index is 5.98. The molecule has 0 fully saturated rings. The van der Waals surface area contributed by atoms with Gasteiger partial charge in [0.05, 0.1) is 6.54 Å². The molecule has 2 N–H and O–H groups in total. The summed E-state index contributed by atoms with van der Waals surface area (Å²) in [5, 5.41) is 15.5. The third-order valence-corrected chi connectivity index (χ3v) is 5.00. The molecular weight excluding hydrogens is 491 g/mol. The van der Waals surface area contributed by atoms with Crippen LogP contribution in [-0.4, -0.2) is 46.5 Å². The lowest BCUT2D eigenvalue weighted by molar-refractivity contribution is 0.230. The molecule has 0 radical (unpaired) electrons. The number of hydrogen-bond donors (Lipinski definition) is 2. The molecule has 1 unspecified atom stereocenters. The van der Waals surface area contributed by atoms with Gasteiger partial charge in [-0.3, -0.25) is 0 Å². The minimum atomic E-state index is -0.000443. The molecule has 2 heterocycles. The van der Waals surface area contributed by atoms with E-state index < -0.39 is 0 Å². The minimum Gasteiger partial charge on any atom is -0.489 e. The van der Waals surface area contributed by atoms with Crippen LogP contribution in [0, 0.1) is 6.92 Å². The lowest BCUT2D eigenvalue weighted by Crippen LogP contribution is -2.39. The predicted octanol–water partition coefficient (Wildman–Crippen LogP) is 3.50. The van der Waals surface area contributed by atoms with Crippen molar-refractivity contribution in [2.45, 2.75) is 65.5 Å². The third-order valence-electron chi connectivity index (χ3n) is 5.00. The standard InChI is InChI=1S/C22H34N6O.HI/c1-4-23-22(25-16-18(3)29-19-10-8-9-17(2)15-19)24-13-12-21-27-26-20-11-6-5-7-14-28(20)21;/h8-10,15,18H,4-7,11-14,16H2,1-3H3,(H2,23,24,25);1H. The molecule has 30 heavy (non-hydrogen) atoms. The summed E-state index contributed by atoms with van der Waals surface area (Å²) in [4.78, 5) is 4.68. The molecule has 0 saturated carbocycles. The van der Waals surface area contributed by atoms with Gasteiger partial charge in [0.25, 0.3) is 0 Å². The average Bonchev–Trinajstić information content (AvgIpc) is 2.92. The number of rotatable bonds is 8. The number of benzene rings is 1. The normalized spacial score (nSPS) is 14.8. The number of nitrogens with zero attached hydrogens (tertiary/aromatic N) is 4. The Kier molecular flexibility index (Phi) is 10.4. The fraction of sp³-hybridized carbons (Fsp3) is 0.591. The van der Waals surface area contributed by atoms with Crippen molar-refractivity contribution in [3.63, 3.8) is 0 Å². The molecule has 0 spiro atoms. The monoisotopic (exact) mass is 526 g/mol. The van der Waals surface area contributed by atoms with Crippen molar-refractivity contribution in [1.29, 1.82) is 0 Å². The molecule has 1 aromatic heterocycles. The number of ether oxygens (including phenoxy) is 1. The van der Waals surface area contributed by atoms with E-state index in [0.29, 0.717) is 6.54 Å². The summed E-state index contributed by atoms with van der Waals surface area (Å²) in [5.74, 6) is 3.91. The highest BCUT2D eigenvalue weighted by molar-refractivity contribution is 14.0. The van der Waals surface area contributed by atoms with Crippen LogP contribution in [0.4, 0.5) is 0 Å². The van der Waals surface area contributed by atoms with E-state index in [1.165, 1.54) is 24.8 Å². The van der Waals surface area contributed by atoms with Crippen LogP contribution in [-0.2, 0) is 19.4 Å². The van der Waals surface area contributed by atoms with Crippen LogP contribution < -0.4 is 15.4 Å². The number of nitrogens with one attached hydrogen (secondary N) is 2. The van der Waals surface area contributed by atoms with Crippen molar-refractivity contribution in [3.8, 4) is 5.75 Å². The summed E-state index contributed by atoms with van der Waals surface area (Å²) < 4.78 is 8.28. The zero-order chi connectivity index (χ0) is 20.5. The summed E-state index contributed by atoms with van der Waals surface area (Å²) in [7, 11) is 0. The molecule has 1 aromatic carbocycles. The molecule has 0 saturated heterocycles. The largest absolute Gasteiger partial charge is 0.489 e. The zero-order valence-electron chi connectivity index (χ0n) is 18.4. The lowest BCUT2D eigenvalue weighted by atomic mass is 10.2. The Balaban J connectivity index is 0.00000320. The SMILES string of the molecule is CCNC(=NCC(C)Oc1cccc(C)c1)NCCc1nnc2n1CCCCC2.I. The first-order chi connectivity index (χ1) is 14.2. The Labute approximate surface area is 197 Å². The van der Waals surface area contributed by atoms with E-state index >= 15 is 0 Å². The molecule has 0 bridgehead atoms. The maximum Gasteiger partial charge on any atom is 0.191 e. The fourth-order valence-corrected chi connectivity index (χ4v) is 3.54. The molecule has 1 aliphatic rings. The fourth-order valence-electron chi connectivity index (χ4n) is 3.54. The Hall–Kier alpha value is -1.84. The number of halogens is 1. The first kappa shape index (κ1) is 24.4. The molecule has 166 valence electrons. The van der Waals surface area contributed by atoms with Crippen LogP contribution in [0.2, 0.25) is 0 Å². The van der Waals surface area contributed by atoms with Gasteiger partial charge in [0.15, 0.2) is 5.96 Å². The number of aromatic nitrogens is 3. The van der Waals surface area contributed by atoms with Gasteiger partial charge in [-0.25, -0.2) is 4.99 Å². The maximum absolute atomic E-state index is 5.98. The first-order valence-corrected chi connectivity index (χ1v) is 10.8. The van der Waals surface area contributed by atoms with Gasteiger partial charge >= 0.3 is 0 Å². The van der Waals surface area contributed by atoms with Crippen molar-refractivity contribution in [2.75, 3.05) is 19.6 Å². The van der Waals surface area contributed by atoms with Gasteiger partial charge in [0, 0.05) is 32.5 Å². The highest BCUT2D eigenvalue weighted by atomic mass is 127. The van der Waals surface area contributed by atoms with Crippen molar-refractivity contribution in [3.05, 3.63) is 41.5 Å². The van der Waals surface area contributed by atoms with Crippen LogP contribution in [0.3, 0.4) is 0 Å². The second-order valence-corrected chi connectivity index (χ2v) is 7.64. The molecule has 1 atom stereocenters. The Morgan fingerprint density at radius 2 is 2.10 bits per heavy atom. The highest BCUT2D eigenvalue weighted by Crippen LogP contribution is 2.15. The molecule has 0 amide bonds.